The summed E-state index contributed by atoms with van der Waals surface area (Å²) in [6, 6.07) is 1.85. The Morgan fingerprint density at radius 2 is 2.50 bits per heavy atom. The number of aliphatic imine (C=N–C) groups is 1. The summed E-state index contributed by atoms with van der Waals surface area (Å²) >= 11 is 0. The molecule has 14 heavy (non-hydrogen) atoms. The van der Waals surface area contributed by atoms with Crippen LogP contribution in [-0.4, -0.2) is 13.2 Å². The largest absolute Gasteiger partial charge is 0.466 e. The topological polar surface area (TPSA) is 51.8 Å². The molecule has 0 atom stereocenters. The van der Waals surface area contributed by atoms with E-state index >= 15 is 0 Å². The van der Waals surface area contributed by atoms with E-state index in [2.05, 4.69) is 4.99 Å². The maximum absolute atomic E-state index is 10.3. The second-order valence-electron chi connectivity index (χ2n) is 3.44. The second-order valence-corrected chi connectivity index (χ2v) is 3.44. The molecule has 0 unspecified atom stereocenters. The number of isocyanates is 1. The van der Waals surface area contributed by atoms with Gasteiger partial charge in [0.25, 0.3) is 0 Å². The van der Waals surface area contributed by atoms with Gasteiger partial charge >= 0.3 is 0 Å². The number of methoxy groups -OCH3 is 1. The van der Waals surface area contributed by atoms with E-state index in [1.807, 2.05) is 6.07 Å². The summed E-state index contributed by atoms with van der Waals surface area (Å²) in [6.07, 6.45) is 4.91. The average molecular weight is 193 g/mol. The average Bonchev–Trinajstić information content (AvgIpc) is 2.78. The van der Waals surface area contributed by atoms with Gasteiger partial charge in [-0.15, -0.1) is 0 Å². The predicted molar refractivity (Wildman–Crippen MR) is 48.5 cm³/mol. The maximum atomic E-state index is 10.3. The third-order valence-corrected chi connectivity index (χ3v) is 2.45. The Hall–Kier alpha value is -1.38. The van der Waals surface area contributed by atoms with Crippen LogP contribution >= 0.6 is 0 Å². The van der Waals surface area contributed by atoms with Crippen LogP contribution in [0, 0.1) is 0 Å². The van der Waals surface area contributed by atoms with Crippen molar-refractivity contribution < 1.29 is 13.9 Å². The molecule has 1 fully saturated rings. The molecule has 0 spiro atoms. The van der Waals surface area contributed by atoms with Gasteiger partial charge in [0.05, 0.1) is 12.9 Å². The van der Waals surface area contributed by atoms with Crippen LogP contribution in [0.1, 0.15) is 24.2 Å². The van der Waals surface area contributed by atoms with Crippen molar-refractivity contribution in [3.8, 4) is 0 Å². The lowest BCUT2D eigenvalue weighted by Crippen LogP contribution is -2.04. The second kappa shape index (κ2) is 3.40. The van der Waals surface area contributed by atoms with E-state index in [9.17, 15) is 4.79 Å². The molecular formula is C10H11NO3. The normalized spacial score (nSPS) is 17.5. The maximum Gasteiger partial charge on any atom is 0.235 e. The molecule has 1 aliphatic carbocycles. The van der Waals surface area contributed by atoms with Crippen molar-refractivity contribution in [3.05, 3.63) is 23.7 Å². The van der Waals surface area contributed by atoms with Crippen molar-refractivity contribution >= 4 is 6.08 Å². The summed E-state index contributed by atoms with van der Waals surface area (Å²) in [6.45, 7) is 0.488. The van der Waals surface area contributed by atoms with E-state index in [1.54, 1.807) is 19.5 Å². The summed E-state index contributed by atoms with van der Waals surface area (Å²) in [5, 5.41) is 0. The standard InChI is InChI=1S/C10H11NO3/c1-13-6-8-2-5-14-9(8)10(3-4-10)11-7-12/h2,5H,3-4,6H2,1H3. The molecule has 0 N–H and O–H groups in total. The van der Waals surface area contributed by atoms with E-state index < -0.39 is 5.54 Å². The molecule has 74 valence electrons. The first kappa shape index (κ1) is 9.19. The van der Waals surface area contributed by atoms with Crippen molar-refractivity contribution in [2.45, 2.75) is 25.0 Å². The van der Waals surface area contributed by atoms with Gasteiger partial charge in [-0.25, -0.2) is 4.79 Å². The summed E-state index contributed by atoms with van der Waals surface area (Å²) in [7, 11) is 1.62. The first-order valence-corrected chi connectivity index (χ1v) is 4.47. The Labute approximate surface area is 81.6 Å². The predicted octanol–water partition coefficient (Wildman–Crippen LogP) is 1.75. The molecule has 1 aromatic rings. The van der Waals surface area contributed by atoms with E-state index in [0.717, 1.165) is 24.2 Å². The van der Waals surface area contributed by atoms with Crippen molar-refractivity contribution in [2.75, 3.05) is 7.11 Å². The van der Waals surface area contributed by atoms with Gasteiger partial charge in [-0.05, 0) is 18.9 Å². The third kappa shape index (κ3) is 1.39. The Balaban J connectivity index is 2.31. The van der Waals surface area contributed by atoms with E-state index in [1.165, 1.54) is 0 Å². The van der Waals surface area contributed by atoms with Gasteiger partial charge in [-0.1, -0.05) is 0 Å². The van der Waals surface area contributed by atoms with Crippen LogP contribution in [0.4, 0.5) is 0 Å². The molecule has 4 nitrogen and oxygen atoms in total. The third-order valence-electron chi connectivity index (χ3n) is 2.45. The highest BCUT2D eigenvalue weighted by atomic mass is 16.5. The smallest absolute Gasteiger partial charge is 0.235 e. The fraction of sp³-hybridized carbons (Fsp3) is 0.500. The van der Waals surface area contributed by atoms with Crippen LogP contribution in [0.3, 0.4) is 0 Å². The summed E-state index contributed by atoms with van der Waals surface area (Å²) < 4.78 is 10.4. The molecule has 1 heterocycles. The minimum atomic E-state index is -0.431. The molecule has 0 amide bonds. The van der Waals surface area contributed by atoms with Gasteiger partial charge in [0.15, 0.2) is 0 Å². The van der Waals surface area contributed by atoms with E-state index in [4.69, 9.17) is 9.15 Å². The van der Waals surface area contributed by atoms with Crippen LogP contribution in [0.25, 0.3) is 0 Å². The molecule has 0 saturated heterocycles. The van der Waals surface area contributed by atoms with Crippen molar-refractivity contribution in [1.82, 2.24) is 0 Å². The number of hydrogen-bond donors (Lipinski definition) is 0. The highest BCUT2D eigenvalue weighted by Crippen LogP contribution is 2.50. The molecule has 0 bridgehead atoms. The van der Waals surface area contributed by atoms with E-state index in [0.29, 0.717) is 6.61 Å². The summed E-state index contributed by atoms with van der Waals surface area (Å²) in [4.78, 5) is 14.1. The van der Waals surface area contributed by atoms with E-state index in [-0.39, 0.29) is 0 Å². The zero-order valence-corrected chi connectivity index (χ0v) is 7.95. The fourth-order valence-corrected chi connectivity index (χ4v) is 1.61. The number of furan rings is 1. The van der Waals surface area contributed by atoms with Crippen LogP contribution < -0.4 is 0 Å². The first-order chi connectivity index (χ1) is 6.82. The molecule has 1 aliphatic rings. The number of rotatable bonds is 4. The van der Waals surface area contributed by atoms with Gasteiger partial charge < -0.3 is 9.15 Å². The minimum absolute atomic E-state index is 0.431. The van der Waals surface area contributed by atoms with Gasteiger partial charge in [-0.2, -0.15) is 4.99 Å². The lowest BCUT2D eigenvalue weighted by Gasteiger charge is -2.06. The van der Waals surface area contributed by atoms with Gasteiger partial charge in [0.1, 0.15) is 11.3 Å². The van der Waals surface area contributed by atoms with Gasteiger partial charge in [0.2, 0.25) is 6.08 Å². The number of nitrogens with zero attached hydrogens (tertiary/aromatic N) is 1. The Morgan fingerprint density at radius 1 is 1.71 bits per heavy atom. The zero-order chi connectivity index (χ0) is 10.0. The molecule has 1 saturated carbocycles. The molecule has 2 rings (SSSR count). The zero-order valence-electron chi connectivity index (χ0n) is 7.95. The molecular weight excluding hydrogens is 182 g/mol. The number of ether oxygens (including phenoxy) is 1. The van der Waals surface area contributed by atoms with Crippen LogP contribution in [0.2, 0.25) is 0 Å². The lowest BCUT2D eigenvalue weighted by molar-refractivity contribution is 0.182. The Bertz CT molecular complexity index is 372. The van der Waals surface area contributed by atoms with Crippen LogP contribution in [0.15, 0.2) is 21.7 Å². The number of carbonyl (C=O) groups excluding carboxylic acids is 1. The van der Waals surface area contributed by atoms with Crippen molar-refractivity contribution in [2.24, 2.45) is 4.99 Å². The summed E-state index contributed by atoms with van der Waals surface area (Å²) in [5.74, 6) is 0.753. The van der Waals surface area contributed by atoms with Crippen molar-refractivity contribution in [3.63, 3.8) is 0 Å². The summed E-state index contributed by atoms with van der Waals surface area (Å²) in [5.41, 5.74) is 0.531. The molecule has 0 aliphatic heterocycles. The van der Waals surface area contributed by atoms with Gasteiger partial charge in [-0.3, -0.25) is 0 Å². The molecule has 1 aromatic heterocycles. The lowest BCUT2D eigenvalue weighted by atomic mass is 10.1. The highest BCUT2D eigenvalue weighted by molar-refractivity contribution is 5.40. The van der Waals surface area contributed by atoms with Crippen LogP contribution in [0.5, 0.6) is 0 Å². The monoisotopic (exact) mass is 193 g/mol. The fourth-order valence-electron chi connectivity index (χ4n) is 1.61. The Kier molecular flexibility index (Phi) is 2.23. The molecule has 0 aromatic carbocycles. The minimum Gasteiger partial charge on any atom is -0.466 e. The quantitative estimate of drug-likeness (QED) is 0.540. The Morgan fingerprint density at radius 3 is 3.07 bits per heavy atom. The van der Waals surface area contributed by atoms with Crippen LogP contribution in [-0.2, 0) is 21.7 Å². The number of hydrogen-bond acceptors (Lipinski definition) is 4. The molecule has 4 heteroatoms. The van der Waals surface area contributed by atoms with Crippen molar-refractivity contribution in [1.29, 1.82) is 0 Å². The molecule has 0 radical (unpaired) electrons. The first-order valence-electron chi connectivity index (χ1n) is 4.47. The highest BCUT2D eigenvalue weighted by Gasteiger charge is 2.49. The van der Waals surface area contributed by atoms with Gasteiger partial charge in [0, 0.05) is 12.7 Å². The SMILES string of the molecule is COCc1ccoc1C1(N=C=O)CC1.